The number of hydrogen-bond acceptors (Lipinski definition) is 2. The van der Waals surface area contributed by atoms with Crippen LogP contribution in [-0.4, -0.2) is 12.9 Å². The van der Waals surface area contributed by atoms with Gasteiger partial charge in [-0.3, -0.25) is 4.79 Å². The zero-order valence-corrected chi connectivity index (χ0v) is 12.0. The standard InChI is InChI=1S/C14H12O2.Na.H/c1-16-13-9-7-12(8-10-13)14(15)11-5-3-2-4-6-11;;/h2-10H,1H3;;/q;+1;-1. The van der Waals surface area contributed by atoms with E-state index >= 15 is 0 Å². The van der Waals surface area contributed by atoms with E-state index in [1.165, 1.54) is 0 Å². The van der Waals surface area contributed by atoms with Crippen molar-refractivity contribution in [3.63, 3.8) is 0 Å². The van der Waals surface area contributed by atoms with Gasteiger partial charge in [0.2, 0.25) is 0 Å². The van der Waals surface area contributed by atoms with Gasteiger partial charge in [0.15, 0.2) is 5.78 Å². The van der Waals surface area contributed by atoms with Gasteiger partial charge in [-0.15, -0.1) is 0 Å². The van der Waals surface area contributed by atoms with Crippen molar-refractivity contribution in [2.24, 2.45) is 0 Å². The summed E-state index contributed by atoms with van der Waals surface area (Å²) < 4.78 is 5.04. The molecule has 2 nitrogen and oxygen atoms in total. The third-order valence-electron chi connectivity index (χ3n) is 2.39. The number of ketones is 1. The van der Waals surface area contributed by atoms with Crippen LogP contribution in [0.5, 0.6) is 5.75 Å². The smallest absolute Gasteiger partial charge is 1.00 e. The minimum atomic E-state index is 0. The van der Waals surface area contributed by atoms with E-state index in [9.17, 15) is 4.79 Å². The molecule has 0 unspecified atom stereocenters. The third kappa shape index (κ3) is 3.43. The van der Waals surface area contributed by atoms with Gasteiger partial charge in [0.05, 0.1) is 7.11 Å². The van der Waals surface area contributed by atoms with Crippen LogP contribution in [0, 0.1) is 0 Å². The molecule has 0 aliphatic heterocycles. The minimum Gasteiger partial charge on any atom is -1.00 e. The van der Waals surface area contributed by atoms with Crippen molar-refractivity contribution in [1.29, 1.82) is 0 Å². The summed E-state index contributed by atoms with van der Waals surface area (Å²) in [4.78, 5) is 12.0. The van der Waals surface area contributed by atoms with Crippen molar-refractivity contribution in [2.75, 3.05) is 7.11 Å². The first-order chi connectivity index (χ1) is 7.81. The Morgan fingerprint density at radius 3 is 2.00 bits per heavy atom. The van der Waals surface area contributed by atoms with E-state index in [0.717, 1.165) is 5.75 Å². The topological polar surface area (TPSA) is 26.3 Å². The fourth-order valence-corrected chi connectivity index (χ4v) is 1.50. The van der Waals surface area contributed by atoms with Gasteiger partial charge in [-0.2, -0.15) is 0 Å². The summed E-state index contributed by atoms with van der Waals surface area (Å²) in [6.45, 7) is 0. The largest absolute Gasteiger partial charge is 1.00 e. The van der Waals surface area contributed by atoms with Crippen molar-refractivity contribution in [2.45, 2.75) is 0 Å². The summed E-state index contributed by atoms with van der Waals surface area (Å²) in [6, 6.07) is 16.4. The Morgan fingerprint density at radius 2 is 1.47 bits per heavy atom. The molecular formula is C14H13NaO2. The summed E-state index contributed by atoms with van der Waals surface area (Å²) in [7, 11) is 1.61. The van der Waals surface area contributed by atoms with Gasteiger partial charge in [-0.05, 0) is 24.3 Å². The Hall–Kier alpha value is -1.09. The van der Waals surface area contributed by atoms with Crippen molar-refractivity contribution in [3.8, 4) is 5.75 Å². The van der Waals surface area contributed by atoms with E-state index < -0.39 is 0 Å². The molecule has 2 rings (SSSR count). The van der Waals surface area contributed by atoms with Crippen LogP contribution in [0.4, 0.5) is 0 Å². The zero-order chi connectivity index (χ0) is 11.4. The molecule has 3 heteroatoms. The Bertz CT molecular complexity index is 483. The number of rotatable bonds is 3. The molecular weight excluding hydrogens is 223 g/mol. The van der Waals surface area contributed by atoms with Gasteiger partial charge in [0, 0.05) is 11.1 Å². The molecule has 0 heterocycles. The van der Waals surface area contributed by atoms with Crippen molar-refractivity contribution in [3.05, 3.63) is 65.7 Å². The molecule has 0 N–H and O–H groups in total. The molecule has 2 aromatic carbocycles. The Balaban J connectivity index is 0.00000144. The van der Waals surface area contributed by atoms with Gasteiger partial charge < -0.3 is 6.16 Å². The molecule has 0 saturated heterocycles. The van der Waals surface area contributed by atoms with Gasteiger partial charge >= 0.3 is 29.6 Å². The summed E-state index contributed by atoms with van der Waals surface area (Å²) in [5, 5.41) is 0. The summed E-state index contributed by atoms with van der Waals surface area (Å²) in [5.41, 5.74) is 1.37. The molecule has 0 saturated carbocycles. The second-order valence-corrected chi connectivity index (χ2v) is 3.42. The Kier molecular flexibility index (Phi) is 5.42. The van der Waals surface area contributed by atoms with Crippen LogP contribution in [-0.2, 0) is 0 Å². The van der Waals surface area contributed by atoms with Gasteiger partial charge in [0.1, 0.15) is 5.75 Å². The van der Waals surface area contributed by atoms with Gasteiger partial charge in [-0.1, -0.05) is 30.3 Å². The second kappa shape index (κ2) is 6.60. The van der Waals surface area contributed by atoms with Crippen LogP contribution in [0.3, 0.4) is 0 Å². The summed E-state index contributed by atoms with van der Waals surface area (Å²) in [5.74, 6) is 0.785. The molecule has 0 aliphatic carbocycles. The molecule has 0 amide bonds. The molecule has 0 radical (unpaired) electrons. The summed E-state index contributed by atoms with van der Waals surface area (Å²) in [6.07, 6.45) is 0. The summed E-state index contributed by atoms with van der Waals surface area (Å²) >= 11 is 0. The number of benzene rings is 2. The van der Waals surface area contributed by atoms with Crippen LogP contribution in [0.1, 0.15) is 17.3 Å². The number of ether oxygens (including phenoxy) is 1. The van der Waals surface area contributed by atoms with Crippen LogP contribution in [0.25, 0.3) is 0 Å². The quantitative estimate of drug-likeness (QED) is 0.556. The van der Waals surface area contributed by atoms with Gasteiger partial charge in [0.25, 0.3) is 0 Å². The first-order valence-corrected chi connectivity index (χ1v) is 5.05. The maximum atomic E-state index is 12.0. The van der Waals surface area contributed by atoms with E-state index in [1.807, 2.05) is 30.3 Å². The monoisotopic (exact) mass is 236 g/mol. The van der Waals surface area contributed by atoms with E-state index in [-0.39, 0.29) is 36.8 Å². The second-order valence-electron chi connectivity index (χ2n) is 3.42. The van der Waals surface area contributed by atoms with Crippen LogP contribution < -0.4 is 34.3 Å². The SMILES string of the molecule is COc1ccc(C(=O)c2ccccc2)cc1.[H-].[Na+]. The maximum Gasteiger partial charge on any atom is 1.00 e. The van der Waals surface area contributed by atoms with E-state index in [0.29, 0.717) is 11.1 Å². The van der Waals surface area contributed by atoms with Crippen molar-refractivity contribution < 1.29 is 40.5 Å². The normalized spacial score (nSPS) is 9.24. The minimum absolute atomic E-state index is 0. The van der Waals surface area contributed by atoms with Crippen molar-refractivity contribution >= 4 is 5.78 Å². The molecule has 2 aromatic rings. The van der Waals surface area contributed by atoms with Crippen LogP contribution >= 0.6 is 0 Å². The van der Waals surface area contributed by atoms with E-state index in [2.05, 4.69) is 0 Å². The van der Waals surface area contributed by atoms with Crippen molar-refractivity contribution in [1.82, 2.24) is 0 Å². The molecule has 82 valence electrons. The predicted octanol–water partition coefficient (Wildman–Crippen LogP) is 0.0427. The van der Waals surface area contributed by atoms with Crippen LogP contribution in [0.15, 0.2) is 54.6 Å². The molecule has 0 spiro atoms. The first-order valence-electron chi connectivity index (χ1n) is 5.05. The average molecular weight is 236 g/mol. The maximum absolute atomic E-state index is 12.0. The molecule has 0 bridgehead atoms. The fourth-order valence-electron chi connectivity index (χ4n) is 1.50. The number of carbonyl (C=O) groups excluding carboxylic acids is 1. The van der Waals surface area contributed by atoms with Gasteiger partial charge in [-0.25, -0.2) is 0 Å². The zero-order valence-electron chi connectivity index (χ0n) is 11.0. The fraction of sp³-hybridized carbons (Fsp3) is 0.0714. The average Bonchev–Trinajstić information content (AvgIpc) is 2.39. The van der Waals surface area contributed by atoms with Crippen LogP contribution in [0.2, 0.25) is 0 Å². The number of carbonyl (C=O) groups is 1. The molecule has 17 heavy (non-hydrogen) atoms. The Labute approximate surface area is 124 Å². The van der Waals surface area contributed by atoms with E-state index in [1.54, 1.807) is 31.4 Å². The van der Waals surface area contributed by atoms with E-state index in [4.69, 9.17) is 4.74 Å². The molecule has 0 fully saturated rings. The molecule has 0 atom stereocenters. The predicted molar refractivity (Wildman–Crippen MR) is 64.0 cm³/mol. The number of hydrogen-bond donors (Lipinski definition) is 0. The Morgan fingerprint density at radius 1 is 0.941 bits per heavy atom. The third-order valence-corrected chi connectivity index (χ3v) is 2.39. The number of methoxy groups -OCH3 is 1. The molecule has 0 aromatic heterocycles. The first kappa shape index (κ1) is 14.0. The molecule has 0 aliphatic rings.